The number of aryl methyl sites for hydroxylation is 1. The molecule has 1 saturated heterocycles. The number of alkyl halides is 3. The number of rotatable bonds is 12. The smallest absolute Gasteiger partial charge is 0.417 e. The summed E-state index contributed by atoms with van der Waals surface area (Å²) in [6.07, 6.45) is -2.07. The van der Waals surface area contributed by atoms with Crippen molar-refractivity contribution >= 4 is 62.2 Å². The molecule has 17 heteroatoms. The molecular weight excluding hydrogens is 732 g/mol. The number of aromatic nitrogens is 1. The number of hydrogen-bond donors (Lipinski definition) is 3. The molecule has 1 aromatic heterocycles. The second kappa shape index (κ2) is 15.8. The topological polar surface area (TPSA) is 156 Å². The number of amides is 2. The molecule has 1 atom stereocenters. The van der Waals surface area contributed by atoms with E-state index >= 15 is 0 Å². The molecule has 11 nitrogen and oxygen atoms in total. The van der Waals surface area contributed by atoms with Gasteiger partial charge in [-0.05, 0) is 68.1 Å². The van der Waals surface area contributed by atoms with Crippen LogP contribution in [0.4, 0.5) is 13.2 Å². The molecule has 270 valence electrons. The van der Waals surface area contributed by atoms with Crippen LogP contribution in [0.5, 0.6) is 5.75 Å². The van der Waals surface area contributed by atoms with E-state index in [-0.39, 0.29) is 81.4 Å². The molecule has 0 bridgehead atoms. The van der Waals surface area contributed by atoms with Crippen molar-refractivity contribution in [2.75, 3.05) is 19.6 Å². The fourth-order valence-electron chi connectivity index (χ4n) is 5.70. The van der Waals surface area contributed by atoms with E-state index in [1.165, 1.54) is 43.5 Å². The van der Waals surface area contributed by atoms with Gasteiger partial charge in [0, 0.05) is 46.9 Å². The van der Waals surface area contributed by atoms with Gasteiger partial charge in [-0.3, -0.25) is 9.59 Å². The fraction of sp³-hybridized carbons (Fsp3) is 0.294. The van der Waals surface area contributed by atoms with Crippen LogP contribution in [0.2, 0.25) is 10.0 Å². The minimum Gasteiger partial charge on any atom is -0.487 e. The van der Waals surface area contributed by atoms with Gasteiger partial charge in [0.05, 0.1) is 16.8 Å². The monoisotopic (exact) mass is 764 g/mol. The van der Waals surface area contributed by atoms with E-state index in [2.05, 4.69) is 20.7 Å². The highest BCUT2D eigenvalue weighted by Gasteiger charge is 2.40. The lowest BCUT2D eigenvalue weighted by Crippen LogP contribution is -2.46. The summed E-state index contributed by atoms with van der Waals surface area (Å²) in [5.41, 5.74) is 0.499. The average molecular weight is 766 g/mol. The Labute approximate surface area is 302 Å². The highest BCUT2D eigenvalue weighted by molar-refractivity contribution is 7.89. The van der Waals surface area contributed by atoms with Crippen molar-refractivity contribution in [1.29, 1.82) is 0 Å². The number of para-hydroxylation sites is 1. The molecule has 2 amide bonds. The third-order valence-electron chi connectivity index (χ3n) is 8.19. The SMILES string of the molecule is Cc1cc(C(F)(F)F)c2cccc(OCc3c(Cl)ccc(S(=O)(=O)N4CCC[C@H]4C(=O)NCCCNC(=O)c4ccc(C=NN)cc4)c3Cl)c2n1. The van der Waals surface area contributed by atoms with Gasteiger partial charge in [0.1, 0.15) is 28.8 Å². The largest absolute Gasteiger partial charge is 0.487 e. The number of ether oxygens (including phenoxy) is 1. The lowest BCUT2D eigenvalue weighted by molar-refractivity contribution is -0.136. The predicted molar refractivity (Wildman–Crippen MR) is 187 cm³/mol. The Morgan fingerprint density at radius 3 is 2.53 bits per heavy atom. The maximum atomic E-state index is 13.9. The van der Waals surface area contributed by atoms with Gasteiger partial charge < -0.3 is 21.2 Å². The molecule has 1 fully saturated rings. The van der Waals surface area contributed by atoms with E-state index in [0.29, 0.717) is 18.4 Å². The lowest BCUT2D eigenvalue weighted by Gasteiger charge is -2.24. The minimum atomic E-state index is -4.63. The van der Waals surface area contributed by atoms with Crippen LogP contribution in [0.15, 0.2) is 70.7 Å². The van der Waals surface area contributed by atoms with Gasteiger partial charge in [-0.1, -0.05) is 47.5 Å². The standard InChI is InChI=1S/C34H33Cl2F3N6O5S/c1-20-17-25(34(37,38)39)23-5-2-7-28(31(23)44-20)50-19-24-26(35)12-13-29(30(24)36)51(48,49)45-16-3-6-27(45)33(47)42-15-4-14-41-32(46)22-10-8-21(9-11-22)18-43-40/h2,5,7-13,17-18,27H,3-4,6,14-16,19,40H2,1H3,(H,41,46)(H,42,47)/t27-/m0/s1. The molecule has 0 spiro atoms. The van der Waals surface area contributed by atoms with E-state index in [1.807, 2.05) is 0 Å². The molecule has 4 aromatic rings. The van der Waals surface area contributed by atoms with Crippen LogP contribution in [0, 0.1) is 6.92 Å². The summed E-state index contributed by atoms with van der Waals surface area (Å²) in [5.74, 6) is 4.36. The van der Waals surface area contributed by atoms with Gasteiger partial charge in [0.25, 0.3) is 5.91 Å². The van der Waals surface area contributed by atoms with Crippen LogP contribution in [-0.4, -0.2) is 61.4 Å². The molecule has 51 heavy (non-hydrogen) atoms. The van der Waals surface area contributed by atoms with Crippen LogP contribution in [0.1, 0.15) is 52.0 Å². The molecule has 5 rings (SSSR count). The number of hydrazone groups is 1. The van der Waals surface area contributed by atoms with Crippen molar-refractivity contribution in [3.05, 3.63) is 98.7 Å². The van der Waals surface area contributed by atoms with Crippen LogP contribution in [0.3, 0.4) is 0 Å². The van der Waals surface area contributed by atoms with E-state index in [9.17, 15) is 31.2 Å². The van der Waals surface area contributed by atoms with E-state index < -0.39 is 33.7 Å². The van der Waals surface area contributed by atoms with Crippen molar-refractivity contribution in [2.24, 2.45) is 10.9 Å². The molecule has 4 N–H and O–H groups in total. The van der Waals surface area contributed by atoms with E-state index in [1.54, 1.807) is 24.3 Å². The van der Waals surface area contributed by atoms with Crippen LogP contribution in [0.25, 0.3) is 10.9 Å². The van der Waals surface area contributed by atoms with E-state index in [4.69, 9.17) is 33.8 Å². The molecule has 1 aliphatic rings. The zero-order chi connectivity index (χ0) is 36.9. The summed E-state index contributed by atoms with van der Waals surface area (Å²) >= 11 is 13.0. The van der Waals surface area contributed by atoms with Gasteiger partial charge in [0.2, 0.25) is 15.9 Å². The fourth-order valence-corrected chi connectivity index (χ4v) is 8.22. The Bertz CT molecular complexity index is 2080. The van der Waals surface area contributed by atoms with Crippen LogP contribution >= 0.6 is 23.2 Å². The Morgan fingerprint density at radius 2 is 1.82 bits per heavy atom. The number of sulfonamides is 1. The van der Waals surface area contributed by atoms with Crippen molar-refractivity contribution in [3.8, 4) is 5.75 Å². The average Bonchev–Trinajstić information content (AvgIpc) is 3.59. The number of halogens is 5. The first-order valence-corrected chi connectivity index (χ1v) is 17.9. The van der Waals surface area contributed by atoms with Gasteiger partial charge in [-0.2, -0.15) is 22.6 Å². The first-order chi connectivity index (χ1) is 24.2. The number of pyridine rings is 1. The maximum absolute atomic E-state index is 13.9. The quantitative estimate of drug-likeness (QED) is 0.0710. The van der Waals surface area contributed by atoms with E-state index in [0.717, 1.165) is 15.9 Å². The van der Waals surface area contributed by atoms with Crippen molar-refractivity contribution < 1.29 is 35.9 Å². The molecule has 2 heterocycles. The second-order valence-electron chi connectivity index (χ2n) is 11.7. The molecule has 0 saturated carbocycles. The Hall–Kier alpha value is -4.44. The summed E-state index contributed by atoms with van der Waals surface area (Å²) in [5, 5.41) is 8.60. The lowest BCUT2D eigenvalue weighted by atomic mass is 10.1. The van der Waals surface area contributed by atoms with Gasteiger partial charge in [-0.15, -0.1) is 0 Å². The van der Waals surface area contributed by atoms with Crippen molar-refractivity contribution in [1.82, 2.24) is 19.9 Å². The predicted octanol–water partition coefficient (Wildman–Crippen LogP) is 5.83. The Morgan fingerprint density at radius 1 is 1.10 bits per heavy atom. The minimum absolute atomic E-state index is 0.0188. The summed E-state index contributed by atoms with van der Waals surface area (Å²) in [6.45, 7) is 1.57. The number of fused-ring (bicyclic) bond motifs is 1. The summed E-state index contributed by atoms with van der Waals surface area (Å²) in [7, 11) is -4.32. The highest BCUT2D eigenvalue weighted by Crippen LogP contribution is 2.39. The zero-order valence-corrected chi connectivity index (χ0v) is 29.5. The number of nitrogens with one attached hydrogen (secondary N) is 2. The summed E-state index contributed by atoms with van der Waals surface area (Å²) in [6, 6.07) is 13.3. The third kappa shape index (κ3) is 8.55. The summed E-state index contributed by atoms with van der Waals surface area (Å²) < 4.78 is 75.9. The van der Waals surface area contributed by atoms with Crippen molar-refractivity contribution in [3.63, 3.8) is 0 Å². The normalized spacial score (nSPS) is 15.4. The first-order valence-electron chi connectivity index (χ1n) is 15.7. The number of nitrogens with two attached hydrogens (primary N) is 1. The molecule has 1 aliphatic heterocycles. The number of hydrogen-bond acceptors (Lipinski definition) is 8. The molecule has 0 unspecified atom stereocenters. The first kappa shape index (κ1) is 37.8. The third-order valence-corrected chi connectivity index (χ3v) is 11.0. The number of nitrogens with zero attached hydrogens (tertiary/aromatic N) is 3. The molecule has 3 aromatic carbocycles. The Kier molecular flexibility index (Phi) is 11.7. The van der Waals surface area contributed by atoms with Crippen molar-refractivity contribution in [2.45, 2.75) is 49.9 Å². The number of carbonyl (C=O) groups is 2. The highest BCUT2D eigenvalue weighted by atomic mass is 35.5. The van der Waals surface area contributed by atoms with Gasteiger partial charge >= 0.3 is 6.18 Å². The summed E-state index contributed by atoms with van der Waals surface area (Å²) in [4.78, 5) is 29.5. The van der Waals surface area contributed by atoms with Crippen LogP contribution in [-0.2, 0) is 27.6 Å². The molecular formula is C34H33Cl2F3N6O5S. The molecule has 0 aliphatic carbocycles. The second-order valence-corrected chi connectivity index (χ2v) is 14.3. The maximum Gasteiger partial charge on any atom is 0.417 e. The molecule has 0 radical (unpaired) electrons. The van der Waals surface area contributed by atoms with Crippen LogP contribution < -0.4 is 21.2 Å². The Balaban J connectivity index is 1.24. The van der Waals surface area contributed by atoms with Gasteiger partial charge in [-0.25, -0.2) is 13.4 Å². The number of benzene rings is 3. The van der Waals surface area contributed by atoms with Gasteiger partial charge in [0.15, 0.2) is 0 Å². The number of carbonyl (C=O) groups excluding carboxylic acids is 2. The zero-order valence-electron chi connectivity index (χ0n) is 27.1.